The summed E-state index contributed by atoms with van der Waals surface area (Å²) < 4.78 is 13.6. The highest BCUT2D eigenvalue weighted by atomic mass is 16.6. The molecule has 0 saturated heterocycles. The molecule has 5 heteroatoms. The van der Waals surface area contributed by atoms with Gasteiger partial charge in [0.05, 0.1) is 5.41 Å². The summed E-state index contributed by atoms with van der Waals surface area (Å²) in [6.45, 7) is 0. The topological polar surface area (TPSA) is 57.1 Å². The molecule has 0 saturated carbocycles. The molecule has 1 aliphatic heterocycles. The van der Waals surface area contributed by atoms with E-state index in [1.807, 2.05) is 72.8 Å². The van der Waals surface area contributed by atoms with Crippen LogP contribution < -0.4 is 9.47 Å². The standard InChI is InChI=1S/C52H33N3O2/c1-5-16-35(17-6-1)49-53-50(36-18-7-2-8-19-36)55-51(54-49)37-30-28-34(29-31-37)40-25-15-27-45-48(40)57-46-32-42-41-24-13-14-26-43(41)52(38-20-9-3-10-21-38,39-22-11-4-12-23-39)44(42)33-47(46)56-45/h1-33H. The third-order valence-electron chi connectivity index (χ3n) is 11.1. The lowest BCUT2D eigenvalue weighted by Gasteiger charge is -2.34. The Kier molecular flexibility index (Phi) is 7.64. The molecule has 1 aromatic heterocycles. The molecule has 0 atom stereocenters. The summed E-state index contributed by atoms with van der Waals surface area (Å²) in [5.41, 5.74) is 11.3. The molecule has 11 rings (SSSR count). The van der Waals surface area contributed by atoms with E-state index in [4.69, 9.17) is 24.4 Å². The van der Waals surface area contributed by atoms with Gasteiger partial charge in [-0.1, -0.05) is 182 Å². The average Bonchev–Trinajstić information content (AvgIpc) is 3.58. The van der Waals surface area contributed by atoms with Crippen molar-refractivity contribution in [1.29, 1.82) is 0 Å². The van der Waals surface area contributed by atoms with Gasteiger partial charge >= 0.3 is 0 Å². The molecule has 1 aliphatic carbocycles. The van der Waals surface area contributed by atoms with Crippen molar-refractivity contribution in [2.45, 2.75) is 5.41 Å². The van der Waals surface area contributed by atoms with Crippen LogP contribution in [0.1, 0.15) is 22.3 Å². The van der Waals surface area contributed by atoms with Crippen molar-refractivity contribution in [1.82, 2.24) is 15.0 Å². The van der Waals surface area contributed by atoms with Gasteiger partial charge in [-0.15, -0.1) is 0 Å². The molecule has 0 unspecified atom stereocenters. The third-order valence-corrected chi connectivity index (χ3v) is 11.1. The summed E-state index contributed by atoms with van der Waals surface area (Å²) in [7, 11) is 0. The molecular formula is C52H33N3O2. The Morgan fingerprint density at radius 1 is 0.316 bits per heavy atom. The number of aromatic nitrogens is 3. The molecule has 9 aromatic rings. The first-order chi connectivity index (χ1) is 28.2. The van der Waals surface area contributed by atoms with Crippen molar-refractivity contribution < 1.29 is 9.47 Å². The van der Waals surface area contributed by atoms with E-state index < -0.39 is 5.41 Å². The van der Waals surface area contributed by atoms with E-state index in [1.165, 1.54) is 27.8 Å². The molecule has 0 spiro atoms. The normalized spacial score (nSPS) is 13.0. The molecule has 2 heterocycles. The van der Waals surface area contributed by atoms with Gasteiger partial charge in [0, 0.05) is 22.3 Å². The van der Waals surface area contributed by atoms with Crippen LogP contribution in [0, 0.1) is 0 Å². The average molecular weight is 732 g/mol. The number of fused-ring (bicyclic) bond motifs is 5. The fourth-order valence-corrected chi connectivity index (χ4v) is 8.50. The lowest BCUT2D eigenvalue weighted by Crippen LogP contribution is -2.28. The summed E-state index contributed by atoms with van der Waals surface area (Å²) in [5.74, 6) is 4.59. The summed E-state index contributed by atoms with van der Waals surface area (Å²) >= 11 is 0. The zero-order chi connectivity index (χ0) is 37.8. The van der Waals surface area contributed by atoms with Gasteiger partial charge in [0.2, 0.25) is 0 Å². The highest BCUT2D eigenvalue weighted by Crippen LogP contribution is 2.60. The van der Waals surface area contributed by atoms with Crippen molar-refractivity contribution in [3.63, 3.8) is 0 Å². The summed E-state index contributed by atoms with van der Waals surface area (Å²) in [6.07, 6.45) is 0. The van der Waals surface area contributed by atoms with Crippen LogP contribution in [0.15, 0.2) is 200 Å². The Labute approximate surface area is 330 Å². The Morgan fingerprint density at radius 3 is 1.39 bits per heavy atom. The SMILES string of the molecule is c1ccc(-c2nc(-c3ccccc3)nc(-c3ccc(-c4cccc5c4Oc4cc6c(cc4O5)C(c4ccccc4)(c4ccccc4)c4ccccc4-6)cc3)n2)cc1. The molecule has 5 nitrogen and oxygen atoms in total. The van der Waals surface area contributed by atoms with Crippen LogP contribution in [0.3, 0.4) is 0 Å². The number of hydrogen-bond acceptors (Lipinski definition) is 5. The van der Waals surface area contributed by atoms with Crippen LogP contribution in [0.4, 0.5) is 0 Å². The van der Waals surface area contributed by atoms with E-state index in [1.54, 1.807) is 0 Å². The molecular weight excluding hydrogens is 699 g/mol. The lowest BCUT2D eigenvalue weighted by molar-refractivity contribution is 0.360. The minimum absolute atomic E-state index is 0.529. The Bertz CT molecular complexity index is 2840. The van der Waals surface area contributed by atoms with Gasteiger partial charge in [-0.05, 0) is 57.1 Å². The molecule has 8 aromatic carbocycles. The van der Waals surface area contributed by atoms with Crippen LogP contribution in [0.5, 0.6) is 23.0 Å². The van der Waals surface area contributed by atoms with E-state index >= 15 is 0 Å². The smallest absolute Gasteiger partial charge is 0.177 e. The molecule has 0 radical (unpaired) electrons. The molecule has 57 heavy (non-hydrogen) atoms. The van der Waals surface area contributed by atoms with Gasteiger partial charge in [-0.3, -0.25) is 0 Å². The largest absolute Gasteiger partial charge is 0.449 e. The van der Waals surface area contributed by atoms with E-state index in [-0.39, 0.29) is 0 Å². The van der Waals surface area contributed by atoms with Gasteiger partial charge in [0.1, 0.15) is 0 Å². The van der Waals surface area contributed by atoms with E-state index in [2.05, 4.69) is 127 Å². The van der Waals surface area contributed by atoms with Crippen molar-refractivity contribution in [2.24, 2.45) is 0 Å². The van der Waals surface area contributed by atoms with Crippen molar-refractivity contribution in [3.05, 3.63) is 222 Å². The maximum atomic E-state index is 6.87. The monoisotopic (exact) mass is 731 g/mol. The maximum Gasteiger partial charge on any atom is 0.177 e. The predicted octanol–water partition coefficient (Wildman–Crippen LogP) is 12.8. The Balaban J connectivity index is 0.986. The lowest BCUT2D eigenvalue weighted by atomic mass is 9.67. The molecule has 0 amide bonds. The van der Waals surface area contributed by atoms with Gasteiger partial charge < -0.3 is 9.47 Å². The third kappa shape index (κ3) is 5.35. The Hall–Kier alpha value is -7.63. The van der Waals surface area contributed by atoms with Crippen LogP contribution in [-0.4, -0.2) is 15.0 Å². The zero-order valence-electron chi connectivity index (χ0n) is 30.7. The minimum atomic E-state index is -0.529. The first kappa shape index (κ1) is 32.8. The number of hydrogen-bond donors (Lipinski definition) is 0. The van der Waals surface area contributed by atoms with Crippen LogP contribution in [0.2, 0.25) is 0 Å². The second-order valence-electron chi connectivity index (χ2n) is 14.3. The van der Waals surface area contributed by atoms with Crippen molar-refractivity contribution >= 4 is 0 Å². The van der Waals surface area contributed by atoms with Crippen LogP contribution in [-0.2, 0) is 5.41 Å². The van der Waals surface area contributed by atoms with Crippen molar-refractivity contribution in [2.75, 3.05) is 0 Å². The van der Waals surface area contributed by atoms with Gasteiger partial charge in [0.25, 0.3) is 0 Å². The number of ether oxygens (including phenoxy) is 2. The van der Waals surface area contributed by atoms with Crippen LogP contribution in [0.25, 0.3) is 56.4 Å². The summed E-state index contributed by atoms with van der Waals surface area (Å²) in [5, 5.41) is 0. The molecule has 2 aliphatic rings. The predicted molar refractivity (Wildman–Crippen MR) is 225 cm³/mol. The fourth-order valence-electron chi connectivity index (χ4n) is 8.50. The van der Waals surface area contributed by atoms with Crippen molar-refractivity contribution in [3.8, 4) is 79.4 Å². The van der Waals surface area contributed by atoms with E-state index in [0.29, 0.717) is 40.5 Å². The molecule has 0 bridgehead atoms. The molecule has 0 N–H and O–H groups in total. The number of rotatable bonds is 6. The quantitative estimate of drug-likeness (QED) is 0.170. The van der Waals surface area contributed by atoms with E-state index in [0.717, 1.165) is 33.4 Å². The minimum Gasteiger partial charge on any atom is -0.449 e. The highest BCUT2D eigenvalue weighted by molar-refractivity contribution is 5.89. The second kappa shape index (κ2) is 13.3. The summed E-state index contributed by atoms with van der Waals surface area (Å²) in [4.78, 5) is 14.7. The number of nitrogens with zero attached hydrogens (tertiary/aromatic N) is 3. The fraction of sp³-hybridized carbons (Fsp3) is 0.0192. The first-order valence-electron chi connectivity index (χ1n) is 19.1. The first-order valence-corrected chi connectivity index (χ1v) is 19.1. The number of benzene rings is 8. The number of para-hydroxylation sites is 1. The Morgan fingerprint density at radius 2 is 0.789 bits per heavy atom. The van der Waals surface area contributed by atoms with Gasteiger partial charge in [-0.25, -0.2) is 15.0 Å². The highest BCUT2D eigenvalue weighted by Gasteiger charge is 2.47. The van der Waals surface area contributed by atoms with E-state index in [9.17, 15) is 0 Å². The van der Waals surface area contributed by atoms with Crippen LogP contribution >= 0.6 is 0 Å². The summed E-state index contributed by atoms with van der Waals surface area (Å²) in [6, 6.07) is 69.0. The van der Waals surface area contributed by atoms with Gasteiger partial charge in [-0.2, -0.15) is 0 Å². The molecule has 268 valence electrons. The van der Waals surface area contributed by atoms with Gasteiger partial charge in [0.15, 0.2) is 40.5 Å². The maximum absolute atomic E-state index is 6.87. The molecule has 0 fully saturated rings. The zero-order valence-corrected chi connectivity index (χ0v) is 30.7. The second-order valence-corrected chi connectivity index (χ2v) is 14.3.